The number of nitrogen functional groups attached to an aromatic ring is 1. The van der Waals surface area contributed by atoms with E-state index in [4.69, 9.17) is 16.1 Å². The Morgan fingerprint density at radius 1 is 1.41 bits per heavy atom. The minimum absolute atomic E-state index is 0.154. The summed E-state index contributed by atoms with van der Waals surface area (Å²) in [4.78, 5) is 17.2. The van der Waals surface area contributed by atoms with Gasteiger partial charge in [0, 0.05) is 24.8 Å². The fraction of sp³-hybridized carbons (Fsp3) is 0.400. The number of amides is 1. The lowest BCUT2D eigenvalue weighted by Gasteiger charge is -2.20. The van der Waals surface area contributed by atoms with Gasteiger partial charge in [0.05, 0.1) is 13.2 Å². The highest BCUT2D eigenvalue weighted by atomic mass is 16.3. The number of hydrogen-bond donors (Lipinski definition) is 4. The van der Waals surface area contributed by atoms with E-state index >= 15 is 0 Å². The van der Waals surface area contributed by atoms with Crippen molar-refractivity contribution in [1.29, 1.82) is 0 Å². The van der Waals surface area contributed by atoms with Gasteiger partial charge in [-0.3, -0.25) is 4.79 Å². The molecule has 5 N–H and O–H groups in total. The zero-order valence-electron chi connectivity index (χ0n) is 9.33. The van der Waals surface area contributed by atoms with Crippen molar-refractivity contribution in [2.45, 2.75) is 0 Å². The molecule has 0 fully saturated rings. The molecule has 94 valence electrons. The van der Waals surface area contributed by atoms with Crippen LogP contribution in [0, 0.1) is 0 Å². The second-order valence-electron chi connectivity index (χ2n) is 3.31. The molecule has 17 heavy (non-hydrogen) atoms. The topological polar surface area (TPSA) is 112 Å². The molecule has 0 aliphatic rings. The Kier molecular flexibility index (Phi) is 5.34. The number of aliphatic hydroxyl groups excluding tert-OH is 2. The fourth-order valence-electron chi connectivity index (χ4n) is 1.38. The van der Waals surface area contributed by atoms with Gasteiger partial charge in [0.25, 0.3) is 5.91 Å². The summed E-state index contributed by atoms with van der Waals surface area (Å²) in [6.07, 6.45) is 1.46. The number of rotatable bonds is 6. The first-order valence-corrected chi connectivity index (χ1v) is 5.16. The average Bonchev–Trinajstić information content (AvgIpc) is 2.38. The Morgan fingerprint density at radius 2 is 2.06 bits per heavy atom. The summed E-state index contributed by atoms with van der Waals surface area (Å²) in [6.45, 7) is 0.0395. The molecule has 1 aromatic heterocycles. The first kappa shape index (κ1) is 13.4. The van der Waals surface area contributed by atoms with Crippen LogP contribution in [0.5, 0.6) is 0 Å². The minimum atomic E-state index is -0.285. The number of nitrogens with two attached hydrogens (primary N) is 1. The van der Waals surface area contributed by atoms with Gasteiger partial charge in [0.15, 0.2) is 0 Å². The van der Waals surface area contributed by atoms with Crippen LogP contribution in [0.25, 0.3) is 0 Å². The Balaban J connectivity index is 2.84. The van der Waals surface area contributed by atoms with Gasteiger partial charge in [-0.05, 0) is 12.1 Å². The van der Waals surface area contributed by atoms with Gasteiger partial charge in [-0.1, -0.05) is 0 Å². The van der Waals surface area contributed by atoms with Crippen LogP contribution in [0.1, 0.15) is 10.4 Å². The third-order valence-corrected chi connectivity index (χ3v) is 2.18. The highest BCUT2D eigenvalue weighted by Gasteiger charge is 2.15. The van der Waals surface area contributed by atoms with Crippen molar-refractivity contribution in [1.82, 2.24) is 9.88 Å². The van der Waals surface area contributed by atoms with Crippen LogP contribution >= 0.6 is 0 Å². The third kappa shape index (κ3) is 3.66. The number of anilines is 1. The summed E-state index contributed by atoms with van der Waals surface area (Å²) in [6, 6.07) is 3.05. The number of hydrazine groups is 1. The van der Waals surface area contributed by atoms with Crippen molar-refractivity contribution in [3.8, 4) is 0 Å². The lowest BCUT2D eigenvalue weighted by atomic mass is 10.2. The van der Waals surface area contributed by atoms with Gasteiger partial charge in [0.2, 0.25) is 0 Å². The molecular formula is C10H16N4O3. The number of nitrogens with zero attached hydrogens (tertiary/aromatic N) is 2. The summed E-state index contributed by atoms with van der Waals surface area (Å²) in [5.74, 6) is 5.29. The Bertz CT molecular complexity index is 366. The molecule has 0 saturated heterocycles. The highest BCUT2D eigenvalue weighted by molar-refractivity contribution is 5.94. The molecule has 0 aromatic carbocycles. The van der Waals surface area contributed by atoms with Crippen molar-refractivity contribution in [3.63, 3.8) is 0 Å². The predicted molar refractivity (Wildman–Crippen MR) is 62.1 cm³/mol. The second kappa shape index (κ2) is 6.79. The summed E-state index contributed by atoms with van der Waals surface area (Å²) >= 11 is 0. The zero-order chi connectivity index (χ0) is 12.7. The van der Waals surface area contributed by atoms with Crippen LogP contribution in [0.3, 0.4) is 0 Å². The molecule has 0 saturated carbocycles. The standard InChI is InChI=1S/C10H16N4O3/c11-13-9-7-8(1-2-12-9)10(17)14(3-5-15)4-6-16/h1-2,7,15-16H,3-6,11H2,(H,12,13). The Labute approximate surface area is 98.8 Å². The number of nitrogens with one attached hydrogen (secondary N) is 1. The molecule has 1 amide bonds. The van der Waals surface area contributed by atoms with Crippen LogP contribution in [0.15, 0.2) is 18.3 Å². The van der Waals surface area contributed by atoms with E-state index in [0.29, 0.717) is 11.4 Å². The lowest BCUT2D eigenvalue weighted by Crippen LogP contribution is -2.35. The van der Waals surface area contributed by atoms with E-state index in [-0.39, 0.29) is 32.2 Å². The summed E-state index contributed by atoms with van der Waals surface area (Å²) in [5, 5.41) is 17.7. The third-order valence-electron chi connectivity index (χ3n) is 2.18. The molecule has 7 nitrogen and oxygen atoms in total. The van der Waals surface area contributed by atoms with Crippen molar-refractivity contribution < 1.29 is 15.0 Å². The summed E-state index contributed by atoms with van der Waals surface area (Å²) in [5.41, 5.74) is 2.74. The van der Waals surface area contributed by atoms with Crippen LogP contribution in [-0.2, 0) is 0 Å². The molecule has 0 atom stereocenters. The first-order valence-electron chi connectivity index (χ1n) is 5.16. The van der Waals surface area contributed by atoms with E-state index in [1.54, 1.807) is 6.07 Å². The van der Waals surface area contributed by atoms with Gasteiger partial charge < -0.3 is 20.5 Å². The monoisotopic (exact) mass is 240 g/mol. The largest absolute Gasteiger partial charge is 0.395 e. The second-order valence-corrected chi connectivity index (χ2v) is 3.31. The van der Waals surface area contributed by atoms with Gasteiger partial charge in [-0.2, -0.15) is 0 Å². The Morgan fingerprint density at radius 3 is 2.59 bits per heavy atom. The van der Waals surface area contributed by atoms with Crippen molar-refractivity contribution in [2.24, 2.45) is 5.84 Å². The molecular weight excluding hydrogens is 224 g/mol. The average molecular weight is 240 g/mol. The van der Waals surface area contributed by atoms with E-state index in [9.17, 15) is 4.79 Å². The molecule has 0 spiro atoms. The van der Waals surface area contributed by atoms with Gasteiger partial charge in [0.1, 0.15) is 5.82 Å². The Hall–Kier alpha value is -1.70. The van der Waals surface area contributed by atoms with Crippen LogP contribution < -0.4 is 11.3 Å². The van der Waals surface area contributed by atoms with Crippen molar-refractivity contribution in [2.75, 3.05) is 31.7 Å². The summed E-state index contributed by atoms with van der Waals surface area (Å²) in [7, 11) is 0. The molecule has 0 radical (unpaired) electrons. The maximum atomic E-state index is 12.0. The number of carbonyl (C=O) groups is 1. The van der Waals surface area contributed by atoms with E-state index in [0.717, 1.165) is 0 Å². The van der Waals surface area contributed by atoms with E-state index in [2.05, 4.69) is 10.4 Å². The van der Waals surface area contributed by atoms with Crippen molar-refractivity contribution >= 4 is 11.7 Å². The molecule has 0 unspecified atom stereocenters. The number of carbonyl (C=O) groups excluding carboxylic acids is 1. The van der Waals surface area contributed by atoms with E-state index in [1.807, 2.05) is 0 Å². The lowest BCUT2D eigenvalue weighted by molar-refractivity contribution is 0.0685. The van der Waals surface area contributed by atoms with Gasteiger partial charge in [-0.15, -0.1) is 0 Å². The normalized spacial score (nSPS) is 10.1. The van der Waals surface area contributed by atoms with Crippen molar-refractivity contribution in [3.05, 3.63) is 23.9 Å². The molecule has 1 rings (SSSR count). The first-order chi connectivity index (χ1) is 8.22. The quantitative estimate of drug-likeness (QED) is 0.367. The molecule has 7 heteroatoms. The van der Waals surface area contributed by atoms with Gasteiger partial charge >= 0.3 is 0 Å². The summed E-state index contributed by atoms with van der Waals surface area (Å²) < 4.78 is 0. The smallest absolute Gasteiger partial charge is 0.254 e. The van der Waals surface area contributed by atoms with Gasteiger partial charge in [-0.25, -0.2) is 10.8 Å². The van der Waals surface area contributed by atoms with E-state index in [1.165, 1.54) is 17.2 Å². The maximum absolute atomic E-state index is 12.0. The minimum Gasteiger partial charge on any atom is -0.395 e. The number of aromatic nitrogens is 1. The molecule has 0 bridgehead atoms. The van der Waals surface area contributed by atoms with E-state index < -0.39 is 0 Å². The number of hydrogen-bond acceptors (Lipinski definition) is 6. The number of aliphatic hydroxyl groups is 2. The molecule has 1 aromatic rings. The highest BCUT2D eigenvalue weighted by Crippen LogP contribution is 2.08. The fourth-order valence-corrected chi connectivity index (χ4v) is 1.38. The SMILES string of the molecule is NNc1cc(C(=O)N(CCO)CCO)ccn1. The maximum Gasteiger partial charge on any atom is 0.254 e. The molecule has 0 aliphatic heterocycles. The predicted octanol–water partition coefficient (Wildman–Crippen LogP) is -1.21. The molecule has 0 aliphatic carbocycles. The molecule has 1 heterocycles. The zero-order valence-corrected chi connectivity index (χ0v) is 9.33. The number of pyridine rings is 1. The van der Waals surface area contributed by atoms with Crippen LogP contribution in [0.4, 0.5) is 5.82 Å². The van der Waals surface area contributed by atoms with Crippen LogP contribution in [0.2, 0.25) is 0 Å². The van der Waals surface area contributed by atoms with Crippen LogP contribution in [-0.4, -0.2) is 52.3 Å².